The molecule has 3 heterocycles. The fourth-order valence-electron chi connectivity index (χ4n) is 2.15. The summed E-state index contributed by atoms with van der Waals surface area (Å²) in [7, 11) is 0. The van der Waals surface area contributed by atoms with Gasteiger partial charge in [0.15, 0.2) is 0 Å². The number of nitrogens with zero attached hydrogens (tertiary/aromatic N) is 2. The maximum absolute atomic E-state index is 5.49. The van der Waals surface area contributed by atoms with Crippen LogP contribution in [0.5, 0.6) is 0 Å². The van der Waals surface area contributed by atoms with Gasteiger partial charge in [-0.3, -0.25) is 0 Å². The zero-order chi connectivity index (χ0) is 12.4. The first-order chi connectivity index (χ1) is 8.88. The van der Waals surface area contributed by atoms with Crippen molar-refractivity contribution in [3.8, 4) is 10.7 Å². The molecule has 5 nitrogen and oxygen atoms in total. The highest BCUT2D eigenvalue weighted by Gasteiger charge is 2.33. The molecule has 3 rings (SSSR count). The minimum absolute atomic E-state index is 0.158. The van der Waals surface area contributed by atoms with Gasteiger partial charge in [0.2, 0.25) is 11.7 Å². The molecule has 96 valence electrons. The predicted octanol–water partition coefficient (Wildman–Crippen LogP) is 1.89. The summed E-state index contributed by atoms with van der Waals surface area (Å²) >= 11 is 1.61. The summed E-state index contributed by atoms with van der Waals surface area (Å²) < 4.78 is 10.9. The van der Waals surface area contributed by atoms with E-state index in [1.165, 1.54) is 0 Å². The number of rotatable bonds is 4. The summed E-state index contributed by atoms with van der Waals surface area (Å²) in [6.07, 6.45) is 0. The predicted molar refractivity (Wildman–Crippen MR) is 68.6 cm³/mol. The van der Waals surface area contributed by atoms with Crippen molar-refractivity contribution in [2.24, 2.45) is 0 Å². The smallest absolute Gasteiger partial charge is 0.234 e. The molecular weight excluding hydrogens is 250 g/mol. The molecule has 2 atom stereocenters. The summed E-state index contributed by atoms with van der Waals surface area (Å²) in [4.78, 5) is 5.51. The molecule has 0 bridgehead atoms. The molecular formula is C12H15N3O2S. The molecule has 0 amide bonds. The molecule has 0 spiro atoms. The Morgan fingerprint density at radius 2 is 2.44 bits per heavy atom. The molecule has 0 aromatic carbocycles. The average molecular weight is 265 g/mol. The minimum Gasteiger partial charge on any atom is -0.379 e. The van der Waals surface area contributed by atoms with Crippen LogP contribution in [0.15, 0.2) is 22.0 Å². The zero-order valence-corrected chi connectivity index (χ0v) is 10.9. The Morgan fingerprint density at radius 3 is 3.22 bits per heavy atom. The minimum atomic E-state index is 0.158. The molecule has 1 aliphatic heterocycles. The molecule has 1 fully saturated rings. The zero-order valence-electron chi connectivity index (χ0n) is 10.1. The Kier molecular flexibility index (Phi) is 3.40. The van der Waals surface area contributed by atoms with E-state index in [2.05, 4.69) is 22.4 Å². The van der Waals surface area contributed by atoms with E-state index in [0.29, 0.717) is 24.9 Å². The Morgan fingerprint density at radius 1 is 1.50 bits per heavy atom. The molecule has 2 aromatic heterocycles. The SMILES string of the molecule is CCNC1COCC1c1nc(-c2cccs2)no1. The lowest BCUT2D eigenvalue weighted by Crippen LogP contribution is -2.34. The lowest BCUT2D eigenvalue weighted by atomic mass is 10.0. The fourth-order valence-corrected chi connectivity index (χ4v) is 2.80. The van der Waals surface area contributed by atoms with Crippen molar-refractivity contribution in [3.05, 3.63) is 23.4 Å². The molecule has 0 saturated carbocycles. The van der Waals surface area contributed by atoms with Crippen molar-refractivity contribution in [1.82, 2.24) is 15.5 Å². The van der Waals surface area contributed by atoms with Gasteiger partial charge in [0.05, 0.1) is 24.0 Å². The monoisotopic (exact) mass is 265 g/mol. The van der Waals surface area contributed by atoms with E-state index in [1.807, 2.05) is 17.5 Å². The van der Waals surface area contributed by atoms with E-state index < -0.39 is 0 Å². The normalized spacial score (nSPS) is 23.6. The van der Waals surface area contributed by atoms with Gasteiger partial charge in [-0.05, 0) is 18.0 Å². The summed E-state index contributed by atoms with van der Waals surface area (Å²) in [6.45, 7) is 4.34. The second-order valence-corrected chi connectivity index (χ2v) is 5.19. The van der Waals surface area contributed by atoms with Crippen LogP contribution in [0.3, 0.4) is 0 Å². The number of nitrogens with one attached hydrogen (secondary N) is 1. The van der Waals surface area contributed by atoms with Gasteiger partial charge in [-0.2, -0.15) is 4.98 Å². The Labute approximate surface area is 109 Å². The Balaban J connectivity index is 1.80. The second-order valence-electron chi connectivity index (χ2n) is 4.24. The van der Waals surface area contributed by atoms with Gasteiger partial charge >= 0.3 is 0 Å². The van der Waals surface area contributed by atoms with Crippen LogP contribution in [-0.4, -0.2) is 35.9 Å². The molecule has 1 aliphatic rings. The van der Waals surface area contributed by atoms with Gasteiger partial charge < -0.3 is 14.6 Å². The average Bonchev–Trinajstić information content (AvgIpc) is 3.10. The molecule has 2 unspecified atom stereocenters. The number of hydrogen-bond donors (Lipinski definition) is 1. The standard InChI is InChI=1S/C12H15N3O2S/c1-2-13-9-7-16-6-8(9)12-14-11(15-17-12)10-4-3-5-18-10/h3-5,8-9,13H,2,6-7H2,1H3. The van der Waals surface area contributed by atoms with Crippen LogP contribution in [0.25, 0.3) is 10.7 Å². The van der Waals surface area contributed by atoms with Crippen LogP contribution in [0.2, 0.25) is 0 Å². The molecule has 0 radical (unpaired) electrons. The van der Waals surface area contributed by atoms with E-state index in [-0.39, 0.29) is 12.0 Å². The van der Waals surface area contributed by atoms with Gasteiger partial charge in [0, 0.05) is 6.04 Å². The maximum atomic E-state index is 5.49. The number of aromatic nitrogens is 2. The molecule has 2 aromatic rings. The van der Waals surface area contributed by atoms with E-state index in [4.69, 9.17) is 9.26 Å². The summed E-state index contributed by atoms with van der Waals surface area (Å²) in [6, 6.07) is 4.24. The van der Waals surface area contributed by atoms with E-state index >= 15 is 0 Å². The van der Waals surface area contributed by atoms with Crippen LogP contribution in [0, 0.1) is 0 Å². The third-order valence-corrected chi connectivity index (χ3v) is 3.91. The Hall–Kier alpha value is -1.24. The van der Waals surface area contributed by atoms with Crippen LogP contribution in [0.1, 0.15) is 18.7 Å². The van der Waals surface area contributed by atoms with Gasteiger partial charge in [-0.25, -0.2) is 0 Å². The molecule has 0 aliphatic carbocycles. The van der Waals surface area contributed by atoms with Gasteiger partial charge in [0.25, 0.3) is 0 Å². The highest BCUT2D eigenvalue weighted by atomic mass is 32.1. The number of thiophene rings is 1. The topological polar surface area (TPSA) is 60.2 Å². The van der Waals surface area contributed by atoms with E-state index in [9.17, 15) is 0 Å². The largest absolute Gasteiger partial charge is 0.379 e. The Bertz CT molecular complexity index is 497. The van der Waals surface area contributed by atoms with Crippen molar-refractivity contribution in [3.63, 3.8) is 0 Å². The van der Waals surface area contributed by atoms with Crippen LogP contribution >= 0.6 is 11.3 Å². The lowest BCUT2D eigenvalue weighted by molar-refractivity contribution is 0.185. The van der Waals surface area contributed by atoms with Crippen molar-refractivity contribution in [2.45, 2.75) is 18.9 Å². The van der Waals surface area contributed by atoms with Gasteiger partial charge in [-0.15, -0.1) is 11.3 Å². The third kappa shape index (κ3) is 2.19. The van der Waals surface area contributed by atoms with Gasteiger partial charge in [-0.1, -0.05) is 18.1 Å². The van der Waals surface area contributed by atoms with Crippen molar-refractivity contribution in [2.75, 3.05) is 19.8 Å². The highest BCUT2D eigenvalue weighted by molar-refractivity contribution is 7.13. The molecule has 6 heteroatoms. The van der Waals surface area contributed by atoms with Gasteiger partial charge in [0.1, 0.15) is 0 Å². The van der Waals surface area contributed by atoms with Crippen molar-refractivity contribution < 1.29 is 9.26 Å². The maximum Gasteiger partial charge on any atom is 0.234 e. The van der Waals surface area contributed by atoms with Crippen LogP contribution < -0.4 is 5.32 Å². The number of hydrogen-bond acceptors (Lipinski definition) is 6. The number of ether oxygens (including phenoxy) is 1. The lowest BCUT2D eigenvalue weighted by Gasteiger charge is -2.13. The van der Waals surface area contributed by atoms with Crippen LogP contribution in [0.4, 0.5) is 0 Å². The summed E-state index contributed by atoms with van der Waals surface area (Å²) in [5, 5.41) is 9.43. The third-order valence-electron chi connectivity index (χ3n) is 3.05. The fraction of sp³-hybridized carbons (Fsp3) is 0.500. The highest BCUT2D eigenvalue weighted by Crippen LogP contribution is 2.28. The molecule has 1 saturated heterocycles. The second kappa shape index (κ2) is 5.17. The molecule has 18 heavy (non-hydrogen) atoms. The first kappa shape index (κ1) is 11.8. The van der Waals surface area contributed by atoms with E-state index in [1.54, 1.807) is 11.3 Å². The van der Waals surface area contributed by atoms with E-state index in [0.717, 1.165) is 11.4 Å². The number of likely N-dealkylation sites (N-methyl/N-ethyl adjacent to an activating group) is 1. The first-order valence-electron chi connectivity index (χ1n) is 6.07. The molecule has 1 N–H and O–H groups in total. The quantitative estimate of drug-likeness (QED) is 0.914. The van der Waals surface area contributed by atoms with Crippen molar-refractivity contribution in [1.29, 1.82) is 0 Å². The van der Waals surface area contributed by atoms with Crippen molar-refractivity contribution >= 4 is 11.3 Å². The summed E-state index contributed by atoms with van der Waals surface area (Å²) in [5.41, 5.74) is 0. The first-order valence-corrected chi connectivity index (χ1v) is 6.95. The van der Waals surface area contributed by atoms with Crippen LogP contribution in [-0.2, 0) is 4.74 Å². The summed E-state index contributed by atoms with van der Waals surface area (Å²) in [5.74, 6) is 1.50.